The summed E-state index contributed by atoms with van der Waals surface area (Å²) in [6, 6.07) is 0.596. The smallest absolute Gasteiger partial charge is 0.107 e. The maximum atomic E-state index is 4.52. The number of likely N-dealkylation sites (tertiary alicyclic amines) is 1. The fourth-order valence-electron chi connectivity index (χ4n) is 2.05. The van der Waals surface area contributed by atoms with E-state index in [4.69, 9.17) is 0 Å². The number of thiazole rings is 1. The zero-order valence-corrected chi connectivity index (χ0v) is 11.7. The molecular weight excluding hydrogens is 230 g/mol. The summed E-state index contributed by atoms with van der Waals surface area (Å²) in [7, 11) is 0. The van der Waals surface area contributed by atoms with Crippen LogP contribution in [-0.2, 0) is 13.1 Å². The summed E-state index contributed by atoms with van der Waals surface area (Å²) in [5.74, 6) is 0. The van der Waals surface area contributed by atoms with Crippen LogP contribution in [0.2, 0.25) is 0 Å². The molecule has 0 aromatic carbocycles. The van der Waals surface area contributed by atoms with Crippen LogP contribution in [0.25, 0.3) is 0 Å². The second-order valence-electron chi connectivity index (χ2n) is 4.89. The highest BCUT2D eigenvalue weighted by Crippen LogP contribution is 2.17. The molecule has 1 aliphatic rings. The molecule has 1 fully saturated rings. The van der Waals surface area contributed by atoms with Crippen LogP contribution in [0.4, 0.5) is 0 Å². The van der Waals surface area contributed by atoms with Gasteiger partial charge in [0.1, 0.15) is 5.01 Å². The van der Waals surface area contributed by atoms with Crippen LogP contribution in [0.3, 0.4) is 0 Å². The molecule has 1 unspecified atom stereocenters. The normalized spacial score (nSPS) is 18.7. The third-order valence-electron chi connectivity index (χ3n) is 3.40. The van der Waals surface area contributed by atoms with Crippen LogP contribution in [-0.4, -0.2) is 29.0 Å². The Morgan fingerprint density at radius 2 is 2.24 bits per heavy atom. The summed E-state index contributed by atoms with van der Waals surface area (Å²) in [4.78, 5) is 8.39. The SMILES string of the molecule is CCC(C)NCc1cnc(CN2CCCC2)s1. The van der Waals surface area contributed by atoms with Gasteiger partial charge in [0.05, 0.1) is 6.54 Å². The van der Waals surface area contributed by atoms with Gasteiger partial charge in [-0.2, -0.15) is 0 Å². The molecule has 0 spiro atoms. The van der Waals surface area contributed by atoms with Crippen LogP contribution in [0, 0.1) is 0 Å². The molecule has 17 heavy (non-hydrogen) atoms. The lowest BCUT2D eigenvalue weighted by Crippen LogP contribution is -2.23. The zero-order chi connectivity index (χ0) is 12.1. The summed E-state index contributed by atoms with van der Waals surface area (Å²) in [5, 5.41) is 4.78. The van der Waals surface area contributed by atoms with Crippen molar-refractivity contribution in [3.8, 4) is 0 Å². The first-order valence-electron chi connectivity index (χ1n) is 6.67. The van der Waals surface area contributed by atoms with E-state index in [0.717, 1.165) is 13.1 Å². The van der Waals surface area contributed by atoms with Gasteiger partial charge in [-0.15, -0.1) is 11.3 Å². The van der Waals surface area contributed by atoms with E-state index in [-0.39, 0.29) is 0 Å². The molecular formula is C13H23N3S. The highest BCUT2D eigenvalue weighted by Gasteiger charge is 2.13. The number of hydrogen-bond acceptors (Lipinski definition) is 4. The van der Waals surface area contributed by atoms with Gasteiger partial charge < -0.3 is 5.32 Å². The number of hydrogen-bond donors (Lipinski definition) is 1. The first kappa shape index (κ1) is 13.0. The Bertz CT molecular complexity index is 331. The Labute approximate surface area is 108 Å². The molecule has 1 aliphatic heterocycles. The largest absolute Gasteiger partial charge is 0.309 e. The Kier molecular flexibility index (Phi) is 4.95. The van der Waals surface area contributed by atoms with Gasteiger partial charge in [-0.1, -0.05) is 6.92 Å². The van der Waals surface area contributed by atoms with E-state index in [9.17, 15) is 0 Å². The van der Waals surface area contributed by atoms with Gasteiger partial charge >= 0.3 is 0 Å². The van der Waals surface area contributed by atoms with Crippen molar-refractivity contribution in [1.82, 2.24) is 15.2 Å². The van der Waals surface area contributed by atoms with Crippen molar-refractivity contribution in [3.63, 3.8) is 0 Å². The van der Waals surface area contributed by atoms with Crippen molar-refractivity contribution in [2.24, 2.45) is 0 Å². The Balaban J connectivity index is 1.78. The van der Waals surface area contributed by atoms with Gasteiger partial charge in [0.2, 0.25) is 0 Å². The predicted octanol–water partition coefficient (Wildman–Crippen LogP) is 2.63. The molecule has 1 atom stereocenters. The Morgan fingerprint density at radius 3 is 2.94 bits per heavy atom. The van der Waals surface area contributed by atoms with Crippen molar-refractivity contribution in [1.29, 1.82) is 0 Å². The Morgan fingerprint density at radius 1 is 1.47 bits per heavy atom. The quantitative estimate of drug-likeness (QED) is 0.845. The summed E-state index contributed by atoms with van der Waals surface area (Å²) < 4.78 is 0. The summed E-state index contributed by atoms with van der Waals surface area (Å²) in [5.41, 5.74) is 0. The Hall–Kier alpha value is -0.450. The third kappa shape index (κ3) is 4.05. The zero-order valence-electron chi connectivity index (χ0n) is 10.9. The molecule has 1 aromatic heterocycles. The average Bonchev–Trinajstić information content (AvgIpc) is 2.98. The van der Waals surface area contributed by atoms with E-state index < -0.39 is 0 Å². The fourth-order valence-corrected chi connectivity index (χ4v) is 2.97. The van der Waals surface area contributed by atoms with Crippen molar-refractivity contribution >= 4 is 11.3 Å². The lowest BCUT2D eigenvalue weighted by atomic mass is 10.2. The van der Waals surface area contributed by atoms with E-state index in [0.29, 0.717) is 6.04 Å². The van der Waals surface area contributed by atoms with Crippen LogP contribution in [0.15, 0.2) is 6.20 Å². The van der Waals surface area contributed by atoms with Crippen molar-refractivity contribution in [3.05, 3.63) is 16.1 Å². The minimum absolute atomic E-state index is 0.596. The van der Waals surface area contributed by atoms with Crippen LogP contribution < -0.4 is 5.32 Å². The molecule has 2 heterocycles. The maximum Gasteiger partial charge on any atom is 0.107 e. The van der Waals surface area contributed by atoms with E-state index in [1.807, 2.05) is 17.5 Å². The summed E-state index contributed by atoms with van der Waals surface area (Å²) in [6.45, 7) is 8.95. The van der Waals surface area contributed by atoms with Gasteiger partial charge in [-0.3, -0.25) is 4.90 Å². The van der Waals surface area contributed by atoms with Gasteiger partial charge in [0, 0.05) is 23.7 Å². The first-order valence-corrected chi connectivity index (χ1v) is 7.49. The third-order valence-corrected chi connectivity index (χ3v) is 4.38. The molecule has 0 aliphatic carbocycles. The molecule has 3 nitrogen and oxygen atoms in total. The highest BCUT2D eigenvalue weighted by molar-refractivity contribution is 7.11. The topological polar surface area (TPSA) is 28.2 Å². The highest BCUT2D eigenvalue weighted by atomic mass is 32.1. The predicted molar refractivity (Wildman–Crippen MR) is 73.2 cm³/mol. The number of aromatic nitrogens is 1. The number of nitrogens with one attached hydrogen (secondary N) is 1. The van der Waals surface area contributed by atoms with Gasteiger partial charge in [-0.25, -0.2) is 4.98 Å². The molecule has 1 saturated heterocycles. The van der Waals surface area contributed by atoms with Crippen molar-refractivity contribution in [2.45, 2.75) is 52.2 Å². The molecule has 0 bridgehead atoms. The van der Waals surface area contributed by atoms with Crippen molar-refractivity contribution < 1.29 is 0 Å². The molecule has 4 heteroatoms. The molecule has 96 valence electrons. The lowest BCUT2D eigenvalue weighted by molar-refractivity contribution is 0.331. The van der Waals surface area contributed by atoms with E-state index in [1.54, 1.807) is 0 Å². The fraction of sp³-hybridized carbons (Fsp3) is 0.769. The molecule has 0 saturated carbocycles. The molecule has 1 N–H and O–H groups in total. The van der Waals surface area contributed by atoms with E-state index in [1.165, 1.54) is 42.2 Å². The van der Waals surface area contributed by atoms with Gasteiger partial charge in [-0.05, 0) is 39.3 Å². The molecule has 0 radical (unpaired) electrons. The summed E-state index contributed by atoms with van der Waals surface area (Å²) >= 11 is 1.86. The molecule has 0 amide bonds. The van der Waals surface area contributed by atoms with Gasteiger partial charge in [0.25, 0.3) is 0 Å². The van der Waals surface area contributed by atoms with Crippen LogP contribution >= 0.6 is 11.3 Å². The lowest BCUT2D eigenvalue weighted by Gasteiger charge is -2.11. The molecule has 2 rings (SSSR count). The minimum atomic E-state index is 0.596. The van der Waals surface area contributed by atoms with Crippen LogP contribution in [0.5, 0.6) is 0 Å². The van der Waals surface area contributed by atoms with Crippen molar-refractivity contribution in [2.75, 3.05) is 13.1 Å². The minimum Gasteiger partial charge on any atom is -0.309 e. The standard InChI is InChI=1S/C13H23N3S/c1-3-11(2)14-8-12-9-15-13(17-12)10-16-6-4-5-7-16/h9,11,14H,3-8,10H2,1-2H3. The maximum absolute atomic E-state index is 4.52. The second-order valence-corrected chi connectivity index (χ2v) is 6.09. The average molecular weight is 253 g/mol. The first-order chi connectivity index (χ1) is 8.28. The van der Waals surface area contributed by atoms with E-state index in [2.05, 4.69) is 29.0 Å². The number of nitrogens with zero attached hydrogens (tertiary/aromatic N) is 2. The van der Waals surface area contributed by atoms with Gasteiger partial charge in [0.15, 0.2) is 0 Å². The summed E-state index contributed by atoms with van der Waals surface area (Å²) in [6.07, 6.45) is 5.92. The van der Waals surface area contributed by atoms with E-state index >= 15 is 0 Å². The second kappa shape index (κ2) is 6.47. The van der Waals surface area contributed by atoms with Crippen LogP contribution in [0.1, 0.15) is 43.0 Å². The monoisotopic (exact) mass is 253 g/mol. The number of rotatable bonds is 6. The molecule has 1 aromatic rings.